The molecule has 1 aromatic carbocycles. The van der Waals surface area contributed by atoms with E-state index in [4.69, 9.17) is 10.8 Å². The Bertz CT molecular complexity index is 640. The summed E-state index contributed by atoms with van der Waals surface area (Å²) in [7, 11) is 0. The van der Waals surface area contributed by atoms with Gasteiger partial charge in [0.2, 0.25) is 0 Å². The zero-order valence-electron chi connectivity index (χ0n) is 10.5. The molecule has 0 fully saturated rings. The van der Waals surface area contributed by atoms with Crippen LogP contribution in [0.3, 0.4) is 0 Å². The summed E-state index contributed by atoms with van der Waals surface area (Å²) in [6.45, 7) is 1.76. The average Bonchev–Trinajstić information content (AvgIpc) is 2.72. The molecule has 19 heavy (non-hydrogen) atoms. The largest absolute Gasteiger partial charge is 0.481 e. The molecule has 6 heteroatoms. The predicted octanol–water partition coefficient (Wildman–Crippen LogP) is 1.33. The lowest BCUT2D eigenvalue weighted by atomic mass is 10.0. The molecular weight excluding hydrogens is 246 g/mol. The van der Waals surface area contributed by atoms with Gasteiger partial charge in [-0.3, -0.25) is 14.7 Å². The number of carboxylic acids is 1. The van der Waals surface area contributed by atoms with Crippen LogP contribution in [0.2, 0.25) is 0 Å². The second kappa shape index (κ2) is 5.01. The number of anilines is 1. The van der Waals surface area contributed by atoms with Crippen LogP contribution in [0.1, 0.15) is 25.0 Å². The van der Waals surface area contributed by atoms with Gasteiger partial charge in [0.05, 0.1) is 17.3 Å². The Kier molecular flexibility index (Phi) is 3.41. The SMILES string of the molecule is CCC(C(=O)O)c1cc(=O)n(-c2ccc(N)cc2)[nH]1. The van der Waals surface area contributed by atoms with E-state index in [1.807, 2.05) is 0 Å². The van der Waals surface area contributed by atoms with Crippen molar-refractivity contribution in [3.8, 4) is 5.69 Å². The molecule has 0 amide bonds. The molecule has 1 aromatic heterocycles. The molecule has 1 atom stereocenters. The number of rotatable bonds is 4. The Morgan fingerprint density at radius 3 is 2.58 bits per heavy atom. The highest BCUT2D eigenvalue weighted by Gasteiger charge is 2.20. The number of benzene rings is 1. The summed E-state index contributed by atoms with van der Waals surface area (Å²) in [5, 5.41) is 11.9. The Balaban J connectivity index is 2.44. The van der Waals surface area contributed by atoms with Crippen molar-refractivity contribution < 1.29 is 9.90 Å². The van der Waals surface area contributed by atoms with Crippen molar-refractivity contribution in [2.75, 3.05) is 5.73 Å². The van der Waals surface area contributed by atoms with Gasteiger partial charge in [0.25, 0.3) is 5.56 Å². The first-order valence-corrected chi connectivity index (χ1v) is 5.93. The van der Waals surface area contributed by atoms with E-state index in [1.165, 1.54) is 10.7 Å². The fourth-order valence-electron chi connectivity index (χ4n) is 1.94. The van der Waals surface area contributed by atoms with Crippen molar-refractivity contribution >= 4 is 11.7 Å². The van der Waals surface area contributed by atoms with Gasteiger partial charge in [-0.15, -0.1) is 0 Å². The normalized spacial score (nSPS) is 12.3. The summed E-state index contributed by atoms with van der Waals surface area (Å²) in [5.74, 6) is -1.66. The Morgan fingerprint density at radius 2 is 2.05 bits per heavy atom. The monoisotopic (exact) mass is 261 g/mol. The van der Waals surface area contributed by atoms with Gasteiger partial charge in [-0.2, -0.15) is 0 Å². The molecule has 100 valence electrons. The molecule has 6 nitrogen and oxygen atoms in total. The van der Waals surface area contributed by atoms with Crippen molar-refractivity contribution in [1.29, 1.82) is 0 Å². The van der Waals surface area contributed by atoms with E-state index in [0.717, 1.165) is 0 Å². The summed E-state index contributed by atoms with van der Waals surface area (Å²) in [4.78, 5) is 23.0. The van der Waals surface area contributed by atoms with E-state index in [9.17, 15) is 9.59 Å². The predicted molar refractivity (Wildman–Crippen MR) is 71.5 cm³/mol. The van der Waals surface area contributed by atoms with Crippen molar-refractivity contribution in [2.45, 2.75) is 19.3 Å². The van der Waals surface area contributed by atoms with E-state index in [-0.39, 0.29) is 5.56 Å². The lowest BCUT2D eigenvalue weighted by Crippen LogP contribution is -2.13. The maximum atomic E-state index is 11.9. The number of aromatic nitrogens is 2. The molecule has 0 aliphatic heterocycles. The minimum atomic E-state index is -0.951. The highest BCUT2D eigenvalue weighted by molar-refractivity contribution is 5.75. The molecule has 1 heterocycles. The minimum Gasteiger partial charge on any atom is -0.481 e. The minimum absolute atomic E-state index is 0.292. The van der Waals surface area contributed by atoms with E-state index in [0.29, 0.717) is 23.5 Å². The third kappa shape index (κ3) is 2.52. The molecule has 2 rings (SSSR count). The van der Waals surface area contributed by atoms with Crippen LogP contribution >= 0.6 is 0 Å². The molecule has 0 saturated carbocycles. The van der Waals surface area contributed by atoms with Gasteiger partial charge in [-0.1, -0.05) is 6.92 Å². The van der Waals surface area contributed by atoms with Gasteiger partial charge in [-0.25, -0.2) is 4.68 Å². The zero-order chi connectivity index (χ0) is 14.0. The van der Waals surface area contributed by atoms with Crippen LogP contribution in [0.25, 0.3) is 5.69 Å². The second-order valence-electron chi connectivity index (χ2n) is 4.28. The molecule has 0 aliphatic rings. The standard InChI is InChI=1S/C13H15N3O3/c1-2-10(13(18)19)11-7-12(17)16(15-11)9-5-3-8(14)4-6-9/h3-7,10,15H,2,14H2,1H3,(H,18,19). The second-order valence-corrected chi connectivity index (χ2v) is 4.28. The molecular formula is C13H15N3O3. The lowest BCUT2D eigenvalue weighted by molar-refractivity contribution is -0.138. The molecule has 0 bridgehead atoms. The van der Waals surface area contributed by atoms with E-state index >= 15 is 0 Å². The summed E-state index contributed by atoms with van der Waals surface area (Å²) >= 11 is 0. The number of hydrogen-bond donors (Lipinski definition) is 3. The molecule has 0 spiro atoms. The Labute approximate surface area is 109 Å². The maximum Gasteiger partial charge on any atom is 0.312 e. The quantitative estimate of drug-likeness (QED) is 0.722. The third-order valence-electron chi connectivity index (χ3n) is 2.97. The number of nitrogens with zero attached hydrogens (tertiary/aromatic N) is 1. The summed E-state index contributed by atoms with van der Waals surface area (Å²) < 4.78 is 1.31. The number of carboxylic acid groups (broad SMARTS) is 1. The van der Waals surface area contributed by atoms with Gasteiger partial charge in [-0.05, 0) is 30.7 Å². The van der Waals surface area contributed by atoms with E-state index in [2.05, 4.69) is 5.10 Å². The van der Waals surface area contributed by atoms with E-state index < -0.39 is 11.9 Å². The smallest absolute Gasteiger partial charge is 0.312 e. The fourth-order valence-corrected chi connectivity index (χ4v) is 1.94. The Hall–Kier alpha value is -2.50. The first kappa shape index (κ1) is 12.9. The molecule has 2 aromatic rings. The zero-order valence-corrected chi connectivity index (χ0v) is 10.5. The van der Waals surface area contributed by atoms with Gasteiger partial charge in [0, 0.05) is 11.8 Å². The fraction of sp³-hybridized carbons (Fsp3) is 0.231. The van der Waals surface area contributed by atoms with Crippen molar-refractivity contribution in [3.63, 3.8) is 0 Å². The number of H-pyrrole nitrogens is 1. The highest BCUT2D eigenvalue weighted by Crippen LogP contribution is 2.17. The van der Waals surface area contributed by atoms with Gasteiger partial charge in [0.15, 0.2) is 0 Å². The van der Waals surface area contributed by atoms with Crippen molar-refractivity contribution in [2.24, 2.45) is 0 Å². The van der Waals surface area contributed by atoms with Gasteiger partial charge < -0.3 is 10.8 Å². The van der Waals surface area contributed by atoms with Crippen molar-refractivity contribution in [1.82, 2.24) is 9.78 Å². The molecule has 0 aliphatic carbocycles. The van der Waals surface area contributed by atoms with Crippen molar-refractivity contribution in [3.05, 3.63) is 46.4 Å². The van der Waals surface area contributed by atoms with Crippen LogP contribution in [0.5, 0.6) is 0 Å². The number of hydrogen-bond acceptors (Lipinski definition) is 3. The number of aromatic amines is 1. The third-order valence-corrected chi connectivity index (χ3v) is 2.97. The van der Waals surface area contributed by atoms with Crippen LogP contribution in [0, 0.1) is 0 Å². The number of nitrogens with one attached hydrogen (secondary N) is 1. The number of carbonyl (C=O) groups is 1. The van der Waals surface area contributed by atoms with Crippen LogP contribution in [0.15, 0.2) is 35.1 Å². The topological polar surface area (TPSA) is 101 Å². The van der Waals surface area contributed by atoms with Gasteiger partial charge in [0.1, 0.15) is 0 Å². The Morgan fingerprint density at radius 1 is 1.42 bits per heavy atom. The van der Waals surface area contributed by atoms with Crippen LogP contribution in [-0.2, 0) is 4.79 Å². The first-order valence-electron chi connectivity index (χ1n) is 5.93. The number of nitrogens with two attached hydrogens (primary N) is 1. The number of aliphatic carboxylic acids is 1. The maximum absolute atomic E-state index is 11.9. The van der Waals surface area contributed by atoms with Crippen LogP contribution in [-0.4, -0.2) is 20.9 Å². The molecule has 4 N–H and O–H groups in total. The molecule has 0 saturated heterocycles. The summed E-state index contributed by atoms with van der Waals surface area (Å²) in [6.07, 6.45) is 0.414. The van der Waals surface area contributed by atoms with Crippen LogP contribution in [0.4, 0.5) is 5.69 Å². The first-order chi connectivity index (χ1) is 9.02. The lowest BCUT2D eigenvalue weighted by Gasteiger charge is -2.07. The highest BCUT2D eigenvalue weighted by atomic mass is 16.4. The summed E-state index contributed by atoms with van der Waals surface area (Å²) in [5.41, 5.74) is 6.90. The average molecular weight is 261 g/mol. The summed E-state index contributed by atoms with van der Waals surface area (Å²) in [6, 6.07) is 8.06. The van der Waals surface area contributed by atoms with E-state index in [1.54, 1.807) is 31.2 Å². The molecule has 1 unspecified atom stereocenters. The van der Waals surface area contributed by atoms with Gasteiger partial charge >= 0.3 is 5.97 Å². The molecule has 0 radical (unpaired) electrons. The van der Waals surface area contributed by atoms with Crippen LogP contribution < -0.4 is 11.3 Å². The number of nitrogen functional groups attached to an aromatic ring is 1.